The number of nitrogens with zero attached hydrogens (tertiary/aromatic N) is 5. The zero-order valence-electron chi connectivity index (χ0n) is 17.7. The van der Waals surface area contributed by atoms with Crippen molar-refractivity contribution in [1.82, 2.24) is 24.7 Å². The molecule has 1 aliphatic carbocycles. The lowest BCUT2D eigenvalue weighted by Crippen LogP contribution is -2.32. The molecule has 1 saturated heterocycles. The van der Waals surface area contributed by atoms with E-state index in [1.54, 1.807) is 6.92 Å². The van der Waals surface area contributed by atoms with Gasteiger partial charge >= 0.3 is 0 Å². The van der Waals surface area contributed by atoms with Crippen molar-refractivity contribution < 1.29 is 22.6 Å². The van der Waals surface area contributed by atoms with E-state index in [0.717, 1.165) is 12.8 Å². The number of hydrogen-bond donors (Lipinski definition) is 0. The van der Waals surface area contributed by atoms with E-state index in [0.29, 0.717) is 36.5 Å². The summed E-state index contributed by atoms with van der Waals surface area (Å²) in [5, 5.41) is 7.99. The number of ether oxygens (including phenoxy) is 3. The van der Waals surface area contributed by atoms with Crippen molar-refractivity contribution in [2.75, 3.05) is 26.9 Å². The summed E-state index contributed by atoms with van der Waals surface area (Å²) >= 11 is 5.85. The third kappa shape index (κ3) is 4.61. The molecular formula is C19H26ClN5O5S. The van der Waals surface area contributed by atoms with Crippen LogP contribution in [-0.4, -0.2) is 65.3 Å². The van der Waals surface area contributed by atoms with Gasteiger partial charge in [-0.25, -0.2) is 18.4 Å². The highest BCUT2D eigenvalue weighted by molar-refractivity contribution is 7.91. The van der Waals surface area contributed by atoms with Crippen LogP contribution < -0.4 is 0 Å². The Kier molecular flexibility index (Phi) is 6.32. The third-order valence-electron chi connectivity index (χ3n) is 5.84. The highest BCUT2D eigenvalue weighted by Gasteiger charge is 2.45. The van der Waals surface area contributed by atoms with E-state index in [2.05, 4.69) is 27.1 Å². The topological polar surface area (TPSA) is 118 Å². The predicted molar refractivity (Wildman–Crippen MR) is 111 cm³/mol. The fourth-order valence-electron chi connectivity index (χ4n) is 3.74. The normalized spacial score (nSPS) is 22.8. The molecule has 1 saturated carbocycles. The highest BCUT2D eigenvalue weighted by Crippen LogP contribution is 2.45. The Hall–Kier alpha value is -1.66. The minimum atomic E-state index is -3.69. The lowest BCUT2D eigenvalue weighted by molar-refractivity contribution is -0.0953. The van der Waals surface area contributed by atoms with E-state index in [1.807, 2.05) is 4.57 Å². The molecule has 2 aliphatic rings. The molecule has 4 rings (SSSR count). The highest BCUT2D eigenvalue weighted by atomic mass is 35.5. The van der Waals surface area contributed by atoms with E-state index in [-0.39, 0.29) is 23.2 Å². The molecule has 2 fully saturated rings. The Labute approximate surface area is 186 Å². The van der Waals surface area contributed by atoms with Crippen LogP contribution in [-0.2, 0) is 35.3 Å². The molecule has 2 aromatic rings. The number of hydrogen-bond acceptors (Lipinski definition) is 9. The Bertz CT molecular complexity index is 1020. The summed E-state index contributed by atoms with van der Waals surface area (Å²) in [5.41, 5.74) is -0.215. The Balaban J connectivity index is 1.61. The van der Waals surface area contributed by atoms with Crippen LogP contribution >= 0.6 is 11.6 Å². The van der Waals surface area contributed by atoms with Crippen LogP contribution in [0.1, 0.15) is 56.4 Å². The molecule has 2 aromatic heterocycles. The SMILES string of the molecule is CO[C@H](c1ncc(Cl)cn1)[C@H](C)S(=O)(=O)Cc1nnc([C@@H]2COCCO2)n1C1(C)CC1. The summed E-state index contributed by atoms with van der Waals surface area (Å²) in [6, 6.07) is 0. The lowest BCUT2D eigenvalue weighted by atomic mass is 10.2. The second-order valence-electron chi connectivity index (χ2n) is 8.17. The van der Waals surface area contributed by atoms with E-state index in [4.69, 9.17) is 25.8 Å². The second-order valence-corrected chi connectivity index (χ2v) is 11.0. The van der Waals surface area contributed by atoms with Crippen LogP contribution in [0.3, 0.4) is 0 Å². The van der Waals surface area contributed by atoms with Crippen LogP contribution in [0.4, 0.5) is 0 Å². The number of methoxy groups -OCH3 is 1. The predicted octanol–water partition coefficient (Wildman–Crippen LogP) is 2.01. The molecule has 3 heterocycles. The standard InChI is InChI=1S/C19H26ClN5O5S/c1-12(16(28-3)17-21-8-13(20)9-22-17)31(26,27)11-15-23-24-18(14-10-29-6-7-30-14)25(15)19(2)4-5-19/h8-9,12,14,16H,4-7,10-11H2,1-3H3/t12-,14-,16-/m0/s1. The Morgan fingerprint density at radius 3 is 2.58 bits per heavy atom. The molecular weight excluding hydrogens is 446 g/mol. The smallest absolute Gasteiger partial charge is 0.165 e. The summed E-state index contributed by atoms with van der Waals surface area (Å²) in [7, 11) is -2.26. The lowest BCUT2D eigenvalue weighted by Gasteiger charge is -2.26. The number of halogens is 1. The van der Waals surface area contributed by atoms with Crippen molar-refractivity contribution in [1.29, 1.82) is 0 Å². The van der Waals surface area contributed by atoms with E-state index >= 15 is 0 Å². The van der Waals surface area contributed by atoms with Gasteiger partial charge in [0.25, 0.3) is 0 Å². The first-order valence-corrected chi connectivity index (χ1v) is 12.2. The van der Waals surface area contributed by atoms with Crippen LogP contribution in [0.25, 0.3) is 0 Å². The van der Waals surface area contributed by atoms with Gasteiger partial charge in [-0.3, -0.25) is 0 Å². The molecule has 0 N–H and O–H groups in total. The minimum Gasteiger partial charge on any atom is -0.376 e. The van der Waals surface area contributed by atoms with Gasteiger partial charge in [0, 0.05) is 25.0 Å². The summed E-state index contributed by atoms with van der Waals surface area (Å²) in [6.07, 6.45) is 3.48. The summed E-state index contributed by atoms with van der Waals surface area (Å²) < 4.78 is 45.3. The zero-order chi connectivity index (χ0) is 22.2. The van der Waals surface area contributed by atoms with Crippen molar-refractivity contribution in [3.8, 4) is 0 Å². The molecule has 0 bridgehead atoms. The van der Waals surface area contributed by atoms with Crippen molar-refractivity contribution in [3.63, 3.8) is 0 Å². The fourth-order valence-corrected chi connectivity index (χ4v) is 5.25. The van der Waals surface area contributed by atoms with Gasteiger partial charge in [0.2, 0.25) is 0 Å². The Morgan fingerprint density at radius 2 is 2.00 bits per heavy atom. The third-order valence-corrected chi connectivity index (χ3v) is 8.08. The summed E-state index contributed by atoms with van der Waals surface area (Å²) in [4.78, 5) is 8.25. The molecule has 170 valence electrons. The molecule has 3 atom stereocenters. The first-order valence-electron chi connectivity index (χ1n) is 10.1. The first-order chi connectivity index (χ1) is 14.7. The summed E-state index contributed by atoms with van der Waals surface area (Å²) in [5.74, 6) is 0.981. The molecule has 0 radical (unpaired) electrons. The van der Waals surface area contributed by atoms with Crippen molar-refractivity contribution in [3.05, 3.63) is 34.9 Å². The van der Waals surface area contributed by atoms with Crippen LogP contribution in [0.2, 0.25) is 5.02 Å². The number of sulfone groups is 1. The van der Waals surface area contributed by atoms with Gasteiger partial charge in [-0.1, -0.05) is 11.6 Å². The largest absolute Gasteiger partial charge is 0.376 e. The molecule has 0 spiro atoms. The van der Waals surface area contributed by atoms with Gasteiger partial charge in [-0.15, -0.1) is 10.2 Å². The number of aromatic nitrogens is 5. The van der Waals surface area contributed by atoms with Gasteiger partial charge in [0.05, 0.1) is 30.1 Å². The van der Waals surface area contributed by atoms with Gasteiger partial charge < -0.3 is 18.8 Å². The second kappa shape index (κ2) is 8.70. The Morgan fingerprint density at radius 1 is 1.29 bits per heavy atom. The average molecular weight is 472 g/mol. The van der Waals surface area contributed by atoms with Crippen LogP contribution in [0.5, 0.6) is 0 Å². The van der Waals surface area contributed by atoms with Gasteiger partial charge in [-0.2, -0.15) is 0 Å². The fraction of sp³-hybridized carbons (Fsp3) is 0.684. The van der Waals surface area contributed by atoms with E-state index in [9.17, 15) is 8.42 Å². The first kappa shape index (κ1) is 22.5. The van der Waals surface area contributed by atoms with Crippen LogP contribution in [0.15, 0.2) is 12.4 Å². The maximum absolute atomic E-state index is 13.3. The van der Waals surface area contributed by atoms with Gasteiger partial charge in [0.1, 0.15) is 23.8 Å². The molecule has 10 nitrogen and oxygen atoms in total. The number of rotatable bonds is 8. The van der Waals surface area contributed by atoms with Crippen molar-refractivity contribution in [2.45, 2.75) is 55.4 Å². The molecule has 1 aliphatic heterocycles. The van der Waals surface area contributed by atoms with Gasteiger partial charge in [-0.05, 0) is 26.7 Å². The van der Waals surface area contributed by atoms with Crippen molar-refractivity contribution in [2.24, 2.45) is 0 Å². The maximum Gasteiger partial charge on any atom is 0.165 e. The monoisotopic (exact) mass is 471 g/mol. The quantitative estimate of drug-likeness (QED) is 0.569. The average Bonchev–Trinajstić information content (AvgIpc) is 3.36. The molecule has 0 aromatic carbocycles. The molecule has 31 heavy (non-hydrogen) atoms. The van der Waals surface area contributed by atoms with Crippen molar-refractivity contribution >= 4 is 21.4 Å². The van der Waals surface area contributed by atoms with Gasteiger partial charge in [0.15, 0.2) is 21.5 Å². The minimum absolute atomic E-state index is 0.215. The van der Waals surface area contributed by atoms with Crippen LogP contribution in [0, 0.1) is 0 Å². The maximum atomic E-state index is 13.3. The molecule has 0 amide bonds. The van der Waals surface area contributed by atoms with E-state index in [1.165, 1.54) is 19.5 Å². The molecule has 12 heteroatoms. The van der Waals surface area contributed by atoms with E-state index < -0.39 is 21.2 Å². The summed E-state index contributed by atoms with van der Waals surface area (Å²) in [6.45, 7) is 5.03. The molecule has 0 unspecified atom stereocenters. The zero-order valence-corrected chi connectivity index (χ0v) is 19.3.